The molecule has 0 radical (unpaired) electrons. The fourth-order valence-electron chi connectivity index (χ4n) is 2.70. The van der Waals surface area contributed by atoms with E-state index in [-0.39, 0.29) is 5.56 Å². The number of aromatic nitrogens is 1. The molecule has 0 unspecified atom stereocenters. The van der Waals surface area contributed by atoms with Crippen LogP contribution in [0.15, 0.2) is 23.1 Å². The summed E-state index contributed by atoms with van der Waals surface area (Å²) in [5.74, 6) is 0. The van der Waals surface area contributed by atoms with Gasteiger partial charge in [0, 0.05) is 30.4 Å². The number of nitrogens with one attached hydrogen (secondary N) is 1. The molecule has 1 aromatic rings. The van der Waals surface area contributed by atoms with Crippen molar-refractivity contribution in [3.05, 3.63) is 34.2 Å². The molecule has 0 amide bonds. The molecule has 0 saturated heterocycles. The first-order valence-electron chi connectivity index (χ1n) is 6.78. The second-order valence-corrected chi connectivity index (χ2v) is 5.34. The van der Waals surface area contributed by atoms with Crippen LogP contribution in [-0.2, 0) is 6.54 Å². The van der Waals surface area contributed by atoms with E-state index in [0.717, 1.165) is 12.1 Å². The van der Waals surface area contributed by atoms with E-state index < -0.39 is 0 Å². The monoisotopic (exact) mass is 232 g/mol. The fourth-order valence-corrected chi connectivity index (χ4v) is 2.70. The minimum Gasteiger partial charge on any atom is -0.312 e. The normalized spacial score (nSPS) is 20.9. The van der Waals surface area contributed by atoms with Crippen molar-refractivity contribution in [2.75, 3.05) is 0 Å². The van der Waals surface area contributed by atoms with Crippen LogP contribution in [0.1, 0.15) is 50.1 Å². The van der Waals surface area contributed by atoms with Gasteiger partial charge < -0.3 is 9.88 Å². The molecule has 3 heteroatoms. The second-order valence-electron chi connectivity index (χ2n) is 5.34. The molecule has 2 aliphatic rings. The largest absolute Gasteiger partial charge is 0.312 e. The summed E-state index contributed by atoms with van der Waals surface area (Å²) in [6.07, 6.45) is 9.36. The Bertz CT molecular complexity index is 442. The molecule has 3 nitrogen and oxygen atoms in total. The number of rotatable bonds is 4. The first-order valence-corrected chi connectivity index (χ1v) is 6.78. The summed E-state index contributed by atoms with van der Waals surface area (Å²) in [5, 5.41) is 3.42. The molecule has 3 rings (SSSR count). The highest BCUT2D eigenvalue weighted by Gasteiger charge is 2.22. The van der Waals surface area contributed by atoms with Crippen LogP contribution in [0.2, 0.25) is 0 Å². The lowest BCUT2D eigenvalue weighted by Crippen LogP contribution is -2.29. The van der Waals surface area contributed by atoms with Gasteiger partial charge in [0.1, 0.15) is 0 Å². The van der Waals surface area contributed by atoms with Crippen LogP contribution in [0.3, 0.4) is 0 Å². The topological polar surface area (TPSA) is 34.0 Å². The van der Waals surface area contributed by atoms with Crippen molar-refractivity contribution in [2.45, 2.75) is 57.2 Å². The number of hydrogen-bond acceptors (Lipinski definition) is 2. The van der Waals surface area contributed by atoms with Gasteiger partial charge in [-0.2, -0.15) is 0 Å². The van der Waals surface area contributed by atoms with E-state index in [0.29, 0.717) is 12.1 Å². The summed E-state index contributed by atoms with van der Waals surface area (Å²) in [6.45, 7) is 0.733. The highest BCUT2D eigenvalue weighted by atomic mass is 16.1. The van der Waals surface area contributed by atoms with E-state index in [2.05, 4.69) is 5.32 Å². The van der Waals surface area contributed by atoms with Crippen LogP contribution in [0.5, 0.6) is 0 Å². The number of pyridine rings is 1. The summed E-state index contributed by atoms with van der Waals surface area (Å²) in [7, 11) is 0. The molecule has 0 atom stereocenters. The molecule has 0 aliphatic heterocycles. The van der Waals surface area contributed by atoms with Gasteiger partial charge in [0.25, 0.3) is 5.56 Å². The highest BCUT2D eigenvalue weighted by Crippen LogP contribution is 2.28. The Morgan fingerprint density at radius 1 is 1.24 bits per heavy atom. The summed E-state index contributed by atoms with van der Waals surface area (Å²) in [6, 6.07) is 5.09. The van der Waals surface area contributed by atoms with E-state index in [1.165, 1.54) is 38.5 Å². The average Bonchev–Trinajstić information content (AvgIpc) is 3.01. The van der Waals surface area contributed by atoms with Crippen LogP contribution in [-0.4, -0.2) is 10.6 Å². The first kappa shape index (κ1) is 11.0. The molecule has 1 aromatic heterocycles. The average molecular weight is 232 g/mol. The predicted octanol–water partition coefficient (Wildman–Crippen LogP) is 2.22. The number of nitrogens with zero attached hydrogens (tertiary/aromatic N) is 1. The molecule has 1 N–H and O–H groups in total. The smallest absolute Gasteiger partial charge is 0.255 e. The van der Waals surface area contributed by atoms with Gasteiger partial charge in [0.05, 0.1) is 0 Å². The maximum atomic E-state index is 12.3. The van der Waals surface area contributed by atoms with Crippen molar-refractivity contribution in [1.82, 2.24) is 9.88 Å². The Kier molecular flexibility index (Phi) is 3.02. The van der Waals surface area contributed by atoms with E-state index in [4.69, 9.17) is 0 Å². The van der Waals surface area contributed by atoms with E-state index >= 15 is 0 Å². The van der Waals surface area contributed by atoms with Gasteiger partial charge in [-0.1, -0.05) is 18.9 Å². The predicted molar refractivity (Wildman–Crippen MR) is 68.1 cm³/mol. The first-order chi connectivity index (χ1) is 8.34. The molecule has 2 aliphatic carbocycles. The Labute approximate surface area is 102 Å². The van der Waals surface area contributed by atoms with Crippen LogP contribution >= 0.6 is 0 Å². The maximum Gasteiger partial charge on any atom is 0.255 e. The van der Waals surface area contributed by atoms with Crippen LogP contribution in [0.25, 0.3) is 0 Å². The van der Waals surface area contributed by atoms with Gasteiger partial charge in [0.2, 0.25) is 0 Å². The van der Waals surface area contributed by atoms with Crippen LogP contribution in [0, 0.1) is 0 Å². The molecule has 0 aromatic carbocycles. The molecular formula is C14H20N2O. The summed E-state index contributed by atoms with van der Waals surface area (Å²) >= 11 is 0. The minimum atomic E-state index is 0.215. The van der Waals surface area contributed by atoms with Gasteiger partial charge in [-0.05, 0) is 31.7 Å². The Morgan fingerprint density at radius 2 is 2.00 bits per heavy atom. The molecule has 2 fully saturated rings. The maximum absolute atomic E-state index is 12.3. The zero-order chi connectivity index (χ0) is 11.7. The minimum absolute atomic E-state index is 0.215. The molecular weight excluding hydrogens is 212 g/mol. The van der Waals surface area contributed by atoms with E-state index in [9.17, 15) is 4.79 Å². The van der Waals surface area contributed by atoms with Crippen molar-refractivity contribution in [1.29, 1.82) is 0 Å². The quantitative estimate of drug-likeness (QED) is 0.863. The molecule has 0 bridgehead atoms. The molecule has 17 heavy (non-hydrogen) atoms. The van der Waals surface area contributed by atoms with Crippen molar-refractivity contribution < 1.29 is 0 Å². The summed E-state index contributed by atoms with van der Waals surface area (Å²) in [5.41, 5.74) is 1.14. The van der Waals surface area contributed by atoms with Gasteiger partial charge in [-0.15, -0.1) is 0 Å². The lowest BCUT2D eigenvalue weighted by atomic mass is 10.2. The van der Waals surface area contributed by atoms with Crippen molar-refractivity contribution >= 4 is 0 Å². The van der Waals surface area contributed by atoms with Crippen molar-refractivity contribution in [2.24, 2.45) is 0 Å². The lowest BCUT2D eigenvalue weighted by molar-refractivity contribution is 0.497. The third-order valence-corrected chi connectivity index (χ3v) is 3.93. The van der Waals surface area contributed by atoms with Crippen LogP contribution < -0.4 is 10.9 Å². The molecule has 0 spiro atoms. The van der Waals surface area contributed by atoms with Gasteiger partial charge >= 0.3 is 0 Å². The molecule has 1 heterocycles. The number of hydrogen-bond donors (Lipinski definition) is 1. The van der Waals surface area contributed by atoms with Crippen molar-refractivity contribution in [3.8, 4) is 0 Å². The van der Waals surface area contributed by atoms with Gasteiger partial charge in [-0.3, -0.25) is 4.79 Å². The zero-order valence-electron chi connectivity index (χ0n) is 10.2. The van der Waals surface area contributed by atoms with E-state index in [1.54, 1.807) is 0 Å². The molecule has 2 saturated carbocycles. The SMILES string of the molecule is O=c1c(CNC2CC2)cccn1C1CCCC1. The Morgan fingerprint density at radius 3 is 2.71 bits per heavy atom. The van der Waals surface area contributed by atoms with Gasteiger partial charge in [0.15, 0.2) is 0 Å². The van der Waals surface area contributed by atoms with Crippen LogP contribution in [0.4, 0.5) is 0 Å². The summed E-state index contributed by atoms with van der Waals surface area (Å²) < 4.78 is 1.96. The van der Waals surface area contributed by atoms with Gasteiger partial charge in [-0.25, -0.2) is 0 Å². The summed E-state index contributed by atoms with van der Waals surface area (Å²) in [4.78, 5) is 12.3. The Balaban J connectivity index is 1.78. The highest BCUT2D eigenvalue weighted by molar-refractivity contribution is 5.11. The zero-order valence-corrected chi connectivity index (χ0v) is 10.2. The third-order valence-electron chi connectivity index (χ3n) is 3.93. The van der Waals surface area contributed by atoms with E-state index in [1.807, 2.05) is 22.9 Å². The Hall–Kier alpha value is -1.09. The standard InChI is InChI=1S/C14H20N2O/c17-14-11(10-15-12-7-8-12)4-3-9-16(14)13-5-1-2-6-13/h3-4,9,12-13,15H,1-2,5-8,10H2. The molecule has 92 valence electrons. The lowest BCUT2D eigenvalue weighted by Gasteiger charge is -2.14. The second kappa shape index (κ2) is 4.65. The van der Waals surface area contributed by atoms with Crippen molar-refractivity contribution in [3.63, 3.8) is 0 Å². The fraction of sp³-hybridized carbons (Fsp3) is 0.643. The third kappa shape index (κ3) is 2.44.